The summed E-state index contributed by atoms with van der Waals surface area (Å²) in [6, 6.07) is 10.8. The third-order valence-corrected chi connectivity index (χ3v) is 4.00. The van der Waals surface area contributed by atoms with Gasteiger partial charge in [0.15, 0.2) is 0 Å². The smallest absolute Gasteiger partial charge is 0.339 e. The van der Waals surface area contributed by atoms with Crippen LogP contribution in [-0.4, -0.2) is 18.2 Å². The fourth-order valence-corrected chi connectivity index (χ4v) is 2.51. The summed E-state index contributed by atoms with van der Waals surface area (Å²) in [5, 5.41) is 9.70. The van der Waals surface area contributed by atoms with Gasteiger partial charge in [-0.25, -0.2) is 4.79 Å². The Morgan fingerprint density at radius 1 is 1.11 bits per heavy atom. The topological polar surface area (TPSA) is 46.5 Å². The SMILES string of the molecule is COC(=O)c1c(-c2ccc(Br)cc2)ccc(O)c1Br. The molecule has 0 radical (unpaired) electrons. The highest BCUT2D eigenvalue weighted by Crippen LogP contribution is 2.36. The van der Waals surface area contributed by atoms with Crippen molar-refractivity contribution in [2.24, 2.45) is 0 Å². The summed E-state index contributed by atoms with van der Waals surface area (Å²) < 4.78 is 6.05. The van der Waals surface area contributed by atoms with E-state index in [1.54, 1.807) is 6.07 Å². The second-order valence-electron chi connectivity index (χ2n) is 3.82. The number of hydrogen-bond donors (Lipinski definition) is 1. The fraction of sp³-hybridized carbons (Fsp3) is 0.0714. The van der Waals surface area contributed by atoms with Gasteiger partial charge in [-0.3, -0.25) is 0 Å². The van der Waals surface area contributed by atoms with Crippen molar-refractivity contribution in [3.05, 3.63) is 50.9 Å². The van der Waals surface area contributed by atoms with Gasteiger partial charge in [0.25, 0.3) is 0 Å². The number of benzene rings is 2. The number of methoxy groups -OCH3 is 1. The van der Waals surface area contributed by atoms with Crippen LogP contribution in [0.1, 0.15) is 10.4 Å². The molecule has 0 saturated carbocycles. The van der Waals surface area contributed by atoms with Crippen LogP contribution < -0.4 is 0 Å². The lowest BCUT2D eigenvalue weighted by atomic mass is 9.99. The standard InChI is InChI=1S/C14H10Br2O3/c1-19-14(18)12-10(6-7-11(17)13(12)16)8-2-4-9(15)5-3-8/h2-7,17H,1H3. The monoisotopic (exact) mass is 384 g/mol. The van der Waals surface area contributed by atoms with Crippen LogP contribution in [0.3, 0.4) is 0 Å². The van der Waals surface area contributed by atoms with Gasteiger partial charge >= 0.3 is 5.97 Å². The number of phenolic OH excluding ortho intramolecular Hbond substituents is 1. The average molecular weight is 386 g/mol. The molecule has 0 aliphatic rings. The molecule has 0 spiro atoms. The highest BCUT2D eigenvalue weighted by molar-refractivity contribution is 9.10. The summed E-state index contributed by atoms with van der Waals surface area (Å²) >= 11 is 6.59. The lowest BCUT2D eigenvalue weighted by Crippen LogP contribution is -2.05. The van der Waals surface area contributed by atoms with Crippen molar-refractivity contribution < 1.29 is 14.6 Å². The molecule has 0 amide bonds. The number of hydrogen-bond acceptors (Lipinski definition) is 3. The quantitative estimate of drug-likeness (QED) is 0.780. The lowest BCUT2D eigenvalue weighted by Gasteiger charge is -2.11. The van der Waals surface area contributed by atoms with Crippen LogP contribution in [0.2, 0.25) is 0 Å². The van der Waals surface area contributed by atoms with E-state index in [2.05, 4.69) is 31.9 Å². The van der Waals surface area contributed by atoms with Crippen LogP contribution in [0, 0.1) is 0 Å². The first kappa shape index (κ1) is 14.1. The summed E-state index contributed by atoms with van der Waals surface area (Å²) in [6.45, 7) is 0. The Kier molecular flexibility index (Phi) is 4.27. The van der Waals surface area contributed by atoms with Crippen LogP contribution in [0.5, 0.6) is 5.75 Å². The normalized spacial score (nSPS) is 10.3. The Balaban J connectivity index is 2.66. The number of esters is 1. The largest absolute Gasteiger partial charge is 0.507 e. The molecule has 98 valence electrons. The minimum atomic E-state index is -0.499. The maximum Gasteiger partial charge on any atom is 0.339 e. The van der Waals surface area contributed by atoms with Gasteiger partial charge < -0.3 is 9.84 Å². The van der Waals surface area contributed by atoms with Crippen molar-refractivity contribution in [2.75, 3.05) is 7.11 Å². The summed E-state index contributed by atoms with van der Waals surface area (Å²) in [6.07, 6.45) is 0. The predicted molar refractivity (Wildman–Crippen MR) is 80.3 cm³/mol. The Morgan fingerprint density at radius 3 is 2.32 bits per heavy atom. The molecule has 0 aliphatic carbocycles. The Labute approximate surface area is 127 Å². The van der Waals surface area contributed by atoms with Crippen LogP contribution in [-0.2, 0) is 4.74 Å². The molecule has 0 heterocycles. The maximum atomic E-state index is 11.9. The molecule has 0 atom stereocenters. The van der Waals surface area contributed by atoms with E-state index in [9.17, 15) is 9.90 Å². The van der Waals surface area contributed by atoms with Crippen LogP contribution >= 0.6 is 31.9 Å². The first-order valence-electron chi connectivity index (χ1n) is 5.40. The Morgan fingerprint density at radius 2 is 1.74 bits per heavy atom. The highest BCUT2D eigenvalue weighted by atomic mass is 79.9. The first-order chi connectivity index (χ1) is 9.04. The molecule has 0 saturated heterocycles. The molecule has 0 bridgehead atoms. The van der Waals surface area contributed by atoms with E-state index >= 15 is 0 Å². The third-order valence-electron chi connectivity index (χ3n) is 2.67. The van der Waals surface area contributed by atoms with Crippen LogP contribution in [0.25, 0.3) is 11.1 Å². The van der Waals surface area contributed by atoms with Gasteiger partial charge in [-0.05, 0) is 51.3 Å². The molecule has 3 nitrogen and oxygen atoms in total. The molecular weight excluding hydrogens is 376 g/mol. The van der Waals surface area contributed by atoms with Gasteiger partial charge in [-0.2, -0.15) is 0 Å². The minimum Gasteiger partial charge on any atom is -0.507 e. The van der Waals surface area contributed by atoms with Gasteiger partial charge in [0.1, 0.15) is 5.75 Å². The Hall–Kier alpha value is -1.33. The summed E-state index contributed by atoms with van der Waals surface area (Å²) in [5.74, 6) is -0.498. The van der Waals surface area contributed by atoms with E-state index in [0.29, 0.717) is 15.6 Å². The zero-order chi connectivity index (χ0) is 14.0. The highest BCUT2D eigenvalue weighted by Gasteiger charge is 2.19. The number of halogens is 2. The van der Waals surface area contributed by atoms with E-state index in [1.165, 1.54) is 13.2 Å². The van der Waals surface area contributed by atoms with E-state index in [0.717, 1.165) is 10.0 Å². The number of aromatic hydroxyl groups is 1. The van der Waals surface area contributed by atoms with Crippen molar-refractivity contribution in [3.8, 4) is 16.9 Å². The molecule has 2 aromatic carbocycles. The maximum absolute atomic E-state index is 11.9. The van der Waals surface area contributed by atoms with Crippen molar-refractivity contribution in [1.82, 2.24) is 0 Å². The van der Waals surface area contributed by atoms with Gasteiger partial charge in [0.2, 0.25) is 0 Å². The van der Waals surface area contributed by atoms with Crippen molar-refractivity contribution in [1.29, 1.82) is 0 Å². The number of phenols is 1. The Bertz CT molecular complexity index is 621. The molecule has 19 heavy (non-hydrogen) atoms. The molecule has 1 N–H and O–H groups in total. The molecular formula is C14H10Br2O3. The summed E-state index contributed by atoms with van der Waals surface area (Å²) in [5.41, 5.74) is 1.87. The molecule has 0 fully saturated rings. The average Bonchev–Trinajstić information content (AvgIpc) is 2.42. The summed E-state index contributed by atoms with van der Waals surface area (Å²) in [4.78, 5) is 11.9. The second kappa shape index (κ2) is 5.75. The predicted octanol–water partition coefficient (Wildman–Crippen LogP) is 4.37. The van der Waals surface area contributed by atoms with Crippen LogP contribution in [0.4, 0.5) is 0 Å². The van der Waals surface area contributed by atoms with Crippen molar-refractivity contribution in [2.45, 2.75) is 0 Å². The zero-order valence-electron chi connectivity index (χ0n) is 9.98. The van der Waals surface area contributed by atoms with Gasteiger partial charge in [0, 0.05) is 4.47 Å². The second-order valence-corrected chi connectivity index (χ2v) is 5.53. The fourth-order valence-electron chi connectivity index (χ4n) is 1.74. The molecule has 2 rings (SSSR count). The minimum absolute atomic E-state index is 0.00117. The lowest BCUT2D eigenvalue weighted by molar-refractivity contribution is 0.0600. The molecule has 5 heteroatoms. The zero-order valence-corrected chi connectivity index (χ0v) is 13.2. The van der Waals surface area contributed by atoms with Crippen molar-refractivity contribution in [3.63, 3.8) is 0 Å². The number of carbonyl (C=O) groups excluding carboxylic acids is 1. The molecule has 2 aromatic rings. The third kappa shape index (κ3) is 2.82. The van der Waals surface area contributed by atoms with E-state index in [1.807, 2.05) is 24.3 Å². The van der Waals surface area contributed by atoms with E-state index < -0.39 is 5.97 Å². The van der Waals surface area contributed by atoms with Crippen LogP contribution in [0.15, 0.2) is 45.3 Å². The van der Waals surface area contributed by atoms with E-state index in [4.69, 9.17) is 4.74 Å². The molecule has 0 unspecified atom stereocenters. The van der Waals surface area contributed by atoms with E-state index in [-0.39, 0.29) is 5.75 Å². The molecule has 0 aliphatic heterocycles. The number of rotatable bonds is 2. The summed E-state index contributed by atoms with van der Waals surface area (Å²) in [7, 11) is 1.31. The number of ether oxygens (including phenoxy) is 1. The molecule has 0 aromatic heterocycles. The number of carbonyl (C=O) groups is 1. The van der Waals surface area contributed by atoms with Gasteiger partial charge in [-0.1, -0.05) is 28.1 Å². The van der Waals surface area contributed by atoms with Gasteiger partial charge in [0.05, 0.1) is 17.1 Å². The van der Waals surface area contributed by atoms with Crippen molar-refractivity contribution >= 4 is 37.8 Å². The first-order valence-corrected chi connectivity index (χ1v) is 6.99. The van der Waals surface area contributed by atoms with Gasteiger partial charge in [-0.15, -0.1) is 0 Å².